The smallest absolute Gasteiger partial charge is 0.319 e. The number of benzene rings is 1. The first-order valence-electron chi connectivity index (χ1n) is 5.44. The van der Waals surface area contributed by atoms with Gasteiger partial charge in [0.25, 0.3) is 0 Å². The molecule has 1 aromatic carbocycles. The van der Waals surface area contributed by atoms with Crippen molar-refractivity contribution in [1.82, 2.24) is 5.32 Å². The molecule has 6 heteroatoms. The van der Waals surface area contributed by atoms with Crippen LogP contribution in [0.15, 0.2) is 22.7 Å². The van der Waals surface area contributed by atoms with Crippen molar-refractivity contribution >= 4 is 33.6 Å². The zero-order valence-corrected chi connectivity index (χ0v) is 11.7. The molecule has 0 aliphatic rings. The molecule has 0 aliphatic heterocycles. The minimum atomic E-state index is -0.943. The molecule has 0 heterocycles. The highest BCUT2D eigenvalue weighted by atomic mass is 79.9. The minimum Gasteiger partial charge on any atom is -0.481 e. The van der Waals surface area contributed by atoms with Crippen molar-refractivity contribution in [2.24, 2.45) is 0 Å². The van der Waals surface area contributed by atoms with Crippen LogP contribution in [0.2, 0.25) is 0 Å². The van der Waals surface area contributed by atoms with Gasteiger partial charge in [-0.25, -0.2) is 4.79 Å². The number of rotatable bonds is 4. The maximum atomic E-state index is 11.6. The Morgan fingerprint density at radius 2 is 2.11 bits per heavy atom. The summed E-state index contributed by atoms with van der Waals surface area (Å²) in [5.74, 6) is -0.943. The van der Waals surface area contributed by atoms with Crippen LogP contribution in [-0.4, -0.2) is 23.1 Å². The fraction of sp³-hybridized carbons (Fsp3) is 0.333. The maximum absolute atomic E-state index is 11.6. The van der Waals surface area contributed by atoms with Crippen LogP contribution in [0.25, 0.3) is 0 Å². The molecule has 1 atom stereocenters. The van der Waals surface area contributed by atoms with Gasteiger partial charge < -0.3 is 15.7 Å². The first kappa shape index (κ1) is 14.5. The molecule has 1 unspecified atom stereocenters. The third kappa shape index (κ3) is 4.75. The number of aryl methyl sites for hydroxylation is 1. The van der Waals surface area contributed by atoms with Gasteiger partial charge in [-0.3, -0.25) is 4.79 Å². The van der Waals surface area contributed by atoms with Gasteiger partial charge >= 0.3 is 12.0 Å². The fourth-order valence-corrected chi connectivity index (χ4v) is 1.79. The number of carboxylic acid groups (broad SMARTS) is 1. The van der Waals surface area contributed by atoms with E-state index < -0.39 is 18.0 Å². The number of hydrogen-bond donors (Lipinski definition) is 3. The number of amides is 2. The molecule has 0 aromatic heterocycles. The summed E-state index contributed by atoms with van der Waals surface area (Å²) in [6.07, 6.45) is -0.106. The topological polar surface area (TPSA) is 78.4 Å². The number of carbonyl (C=O) groups is 2. The summed E-state index contributed by atoms with van der Waals surface area (Å²) in [5, 5.41) is 13.8. The number of urea groups is 1. The van der Waals surface area contributed by atoms with Crippen LogP contribution in [0, 0.1) is 6.92 Å². The number of hydrogen-bond acceptors (Lipinski definition) is 2. The predicted octanol–water partition coefficient (Wildman–Crippen LogP) is 2.74. The Balaban J connectivity index is 2.59. The largest absolute Gasteiger partial charge is 0.481 e. The highest BCUT2D eigenvalue weighted by Gasteiger charge is 2.11. The Hall–Kier alpha value is -1.56. The van der Waals surface area contributed by atoms with E-state index in [0.717, 1.165) is 10.0 Å². The summed E-state index contributed by atoms with van der Waals surface area (Å²) >= 11 is 3.32. The van der Waals surface area contributed by atoms with Crippen molar-refractivity contribution in [1.29, 1.82) is 0 Å². The average molecular weight is 315 g/mol. The summed E-state index contributed by atoms with van der Waals surface area (Å²) in [6, 6.07) is 4.71. The van der Waals surface area contributed by atoms with E-state index in [9.17, 15) is 9.59 Å². The quantitative estimate of drug-likeness (QED) is 0.799. The number of halogens is 1. The molecule has 0 fully saturated rings. The van der Waals surface area contributed by atoms with Crippen molar-refractivity contribution in [3.8, 4) is 0 Å². The van der Waals surface area contributed by atoms with Crippen molar-refractivity contribution in [2.75, 3.05) is 5.32 Å². The van der Waals surface area contributed by atoms with Crippen molar-refractivity contribution in [2.45, 2.75) is 26.3 Å². The van der Waals surface area contributed by atoms with Gasteiger partial charge in [0.15, 0.2) is 0 Å². The predicted molar refractivity (Wildman–Crippen MR) is 72.7 cm³/mol. The van der Waals surface area contributed by atoms with Gasteiger partial charge in [-0.2, -0.15) is 0 Å². The van der Waals surface area contributed by atoms with Crippen LogP contribution >= 0.6 is 15.9 Å². The van der Waals surface area contributed by atoms with Crippen molar-refractivity contribution < 1.29 is 14.7 Å². The van der Waals surface area contributed by atoms with E-state index in [-0.39, 0.29) is 6.42 Å². The summed E-state index contributed by atoms with van der Waals surface area (Å²) in [6.45, 7) is 3.52. The number of anilines is 1. The van der Waals surface area contributed by atoms with Crippen molar-refractivity contribution in [3.05, 3.63) is 28.2 Å². The molecule has 1 rings (SSSR count). The third-order valence-corrected chi connectivity index (χ3v) is 2.80. The summed E-state index contributed by atoms with van der Waals surface area (Å²) in [4.78, 5) is 22.1. The molecular formula is C12H15BrN2O3. The highest BCUT2D eigenvalue weighted by molar-refractivity contribution is 9.10. The lowest BCUT2D eigenvalue weighted by atomic mass is 10.2. The minimum absolute atomic E-state index is 0.106. The molecule has 5 nitrogen and oxygen atoms in total. The van der Waals surface area contributed by atoms with Gasteiger partial charge in [0.05, 0.1) is 6.42 Å². The molecule has 98 valence electrons. The van der Waals surface area contributed by atoms with Gasteiger partial charge in [0.2, 0.25) is 0 Å². The van der Waals surface area contributed by atoms with Gasteiger partial charge in [-0.15, -0.1) is 0 Å². The molecule has 3 N–H and O–H groups in total. The molecule has 1 aromatic rings. The van der Waals surface area contributed by atoms with E-state index in [1.54, 1.807) is 13.0 Å². The number of carbonyl (C=O) groups excluding carboxylic acids is 1. The van der Waals surface area contributed by atoms with Gasteiger partial charge in [0.1, 0.15) is 0 Å². The van der Waals surface area contributed by atoms with E-state index in [4.69, 9.17) is 5.11 Å². The second kappa shape index (κ2) is 6.39. The van der Waals surface area contributed by atoms with E-state index in [0.29, 0.717) is 5.69 Å². The lowest BCUT2D eigenvalue weighted by Crippen LogP contribution is -2.37. The fourth-order valence-electron chi connectivity index (χ4n) is 1.42. The molecule has 0 saturated carbocycles. The van der Waals surface area contributed by atoms with Gasteiger partial charge in [0, 0.05) is 16.2 Å². The number of carboxylic acids is 1. The summed E-state index contributed by atoms with van der Waals surface area (Å²) < 4.78 is 0.863. The first-order chi connectivity index (χ1) is 8.38. The van der Waals surface area contributed by atoms with Gasteiger partial charge in [-0.05, 0) is 31.5 Å². The van der Waals surface area contributed by atoms with Crippen LogP contribution < -0.4 is 10.6 Å². The normalized spacial score (nSPS) is 11.7. The Morgan fingerprint density at radius 1 is 1.44 bits per heavy atom. The van der Waals surface area contributed by atoms with E-state index in [1.807, 2.05) is 19.1 Å². The van der Waals surface area contributed by atoms with E-state index in [2.05, 4.69) is 26.6 Å². The maximum Gasteiger partial charge on any atom is 0.319 e. The average Bonchev–Trinajstić information content (AvgIpc) is 2.21. The molecule has 0 saturated heterocycles. The third-order valence-electron chi connectivity index (χ3n) is 2.31. The Morgan fingerprint density at radius 3 is 2.72 bits per heavy atom. The molecule has 0 bridgehead atoms. The van der Waals surface area contributed by atoms with E-state index in [1.165, 1.54) is 0 Å². The SMILES string of the molecule is Cc1ccc(Br)cc1NC(=O)NC(C)CC(=O)O. The van der Waals surface area contributed by atoms with Crippen LogP contribution in [0.1, 0.15) is 18.9 Å². The number of nitrogens with one attached hydrogen (secondary N) is 2. The first-order valence-corrected chi connectivity index (χ1v) is 6.23. The Labute approximate surface area is 114 Å². The van der Waals surface area contributed by atoms with Gasteiger partial charge in [-0.1, -0.05) is 22.0 Å². The zero-order valence-electron chi connectivity index (χ0n) is 10.2. The van der Waals surface area contributed by atoms with Crippen LogP contribution in [0.5, 0.6) is 0 Å². The van der Waals surface area contributed by atoms with E-state index >= 15 is 0 Å². The summed E-state index contributed by atoms with van der Waals surface area (Å²) in [7, 11) is 0. The van der Waals surface area contributed by atoms with Crippen LogP contribution in [0.3, 0.4) is 0 Å². The van der Waals surface area contributed by atoms with Crippen LogP contribution in [0.4, 0.5) is 10.5 Å². The van der Waals surface area contributed by atoms with Crippen molar-refractivity contribution in [3.63, 3.8) is 0 Å². The molecule has 0 spiro atoms. The Bertz CT molecular complexity index is 463. The number of aliphatic carboxylic acids is 1. The monoisotopic (exact) mass is 314 g/mol. The molecule has 0 radical (unpaired) electrons. The standard InChI is InChI=1S/C12H15BrN2O3/c1-7-3-4-9(13)6-10(7)15-12(18)14-8(2)5-11(16)17/h3-4,6,8H,5H2,1-2H3,(H,16,17)(H2,14,15,18). The van der Waals surface area contributed by atoms with Crippen LogP contribution in [-0.2, 0) is 4.79 Å². The molecule has 18 heavy (non-hydrogen) atoms. The highest BCUT2D eigenvalue weighted by Crippen LogP contribution is 2.20. The molecule has 0 aliphatic carbocycles. The lowest BCUT2D eigenvalue weighted by Gasteiger charge is -2.14. The summed E-state index contributed by atoms with van der Waals surface area (Å²) in [5.41, 5.74) is 1.61. The molecule has 2 amide bonds. The zero-order chi connectivity index (χ0) is 13.7. The second-order valence-corrected chi connectivity index (χ2v) is 4.97. The second-order valence-electron chi connectivity index (χ2n) is 4.06. The lowest BCUT2D eigenvalue weighted by molar-refractivity contribution is -0.137. The molecular weight excluding hydrogens is 300 g/mol. The Kier molecular flexibility index (Phi) is 5.15.